The minimum atomic E-state index is 0.507. The van der Waals surface area contributed by atoms with Crippen molar-refractivity contribution in [1.82, 2.24) is 24.6 Å². The highest BCUT2D eigenvalue weighted by atomic mass is 15.3. The summed E-state index contributed by atoms with van der Waals surface area (Å²) in [6.07, 6.45) is 3.46. The highest BCUT2D eigenvalue weighted by Crippen LogP contribution is 2.23. The third-order valence-corrected chi connectivity index (χ3v) is 3.32. The number of pyridine rings is 3. The fraction of sp³-hybridized carbons (Fsp3) is 0. The largest absolute Gasteiger partial charge is 0.384 e. The van der Waals surface area contributed by atoms with Gasteiger partial charge in [0.25, 0.3) is 0 Å². The summed E-state index contributed by atoms with van der Waals surface area (Å²) in [7, 11) is 0. The molecule has 6 nitrogen and oxygen atoms in total. The van der Waals surface area contributed by atoms with Crippen molar-refractivity contribution in [1.29, 1.82) is 0 Å². The van der Waals surface area contributed by atoms with E-state index in [2.05, 4.69) is 20.1 Å². The van der Waals surface area contributed by atoms with Crippen molar-refractivity contribution in [3.63, 3.8) is 0 Å². The van der Waals surface area contributed by atoms with Gasteiger partial charge in [0.1, 0.15) is 11.5 Å². The predicted octanol–water partition coefficient (Wildman–Crippen LogP) is 2.44. The first-order valence-electron chi connectivity index (χ1n) is 6.80. The molecule has 0 radical (unpaired) electrons. The molecule has 4 aromatic rings. The molecule has 22 heavy (non-hydrogen) atoms. The minimum Gasteiger partial charge on any atom is -0.384 e. The molecule has 0 saturated heterocycles. The van der Waals surface area contributed by atoms with Crippen LogP contribution in [0, 0.1) is 0 Å². The van der Waals surface area contributed by atoms with Gasteiger partial charge in [-0.3, -0.25) is 9.97 Å². The fourth-order valence-corrected chi connectivity index (χ4v) is 2.29. The van der Waals surface area contributed by atoms with Crippen LogP contribution < -0.4 is 5.73 Å². The maximum Gasteiger partial charge on any atom is 0.200 e. The maximum absolute atomic E-state index is 6.10. The molecule has 4 aromatic heterocycles. The number of hydrogen-bond acceptors (Lipinski definition) is 5. The first kappa shape index (κ1) is 12.5. The van der Waals surface area contributed by atoms with Gasteiger partial charge in [0.05, 0.1) is 5.69 Å². The molecule has 0 fully saturated rings. The normalized spacial score (nSPS) is 10.9. The summed E-state index contributed by atoms with van der Waals surface area (Å²) < 4.78 is 1.61. The first-order chi connectivity index (χ1) is 10.8. The van der Waals surface area contributed by atoms with Crippen molar-refractivity contribution in [3.05, 3.63) is 60.9 Å². The molecule has 0 aliphatic heterocycles. The highest BCUT2D eigenvalue weighted by molar-refractivity contribution is 5.69. The van der Waals surface area contributed by atoms with Crippen LogP contribution >= 0.6 is 0 Å². The Morgan fingerprint density at radius 3 is 2.27 bits per heavy atom. The van der Waals surface area contributed by atoms with Crippen LogP contribution in [-0.4, -0.2) is 24.6 Å². The van der Waals surface area contributed by atoms with Crippen molar-refractivity contribution in [2.75, 3.05) is 5.73 Å². The van der Waals surface area contributed by atoms with Crippen molar-refractivity contribution < 1.29 is 0 Å². The average Bonchev–Trinajstić information content (AvgIpc) is 3.01. The molecular formula is C16H12N6. The number of aromatic nitrogens is 5. The Kier molecular flexibility index (Phi) is 2.79. The standard InChI is InChI=1S/C16H12N6/c17-14-9-11(12-5-1-3-7-18-12)10-15-20-16(21-22(14)15)13-6-2-4-8-19-13/h1-10H,17H2. The van der Waals surface area contributed by atoms with Crippen LogP contribution in [-0.2, 0) is 0 Å². The lowest BCUT2D eigenvalue weighted by Crippen LogP contribution is -1.99. The van der Waals surface area contributed by atoms with Crippen LogP contribution in [0.1, 0.15) is 0 Å². The van der Waals surface area contributed by atoms with E-state index in [1.807, 2.05) is 48.5 Å². The molecule has 0 amide bonds. The lowest BCUT2D eigenvalue weighted by Gasteiger charge is -2.03. The SMILES string of the molecule is Nc1cc(-c2ccccn2)cc2nc(-c3ccccn3)nn12. The molecule has 0 atom stereocenters. The van der Waals surface area contributed by atoms with E-state index in [-0.39, 0.29) is 0 Å². The zero-order valence-corrected chi connectivity index (χ0v) is 11.6. The molecule has 0 spiro atoms. The first-order valence-corrected chi connectivity index (χ1v) is 6.80. The summed E-state index contributed by atoms with van der Waals surface area (Å²) in [5, 5.41) is 4.41. The number of anilines is 1. The van der Waals surface area contributed by atoms with Crippen LogP contribution in [0.4, 0.5) is 5.82 Å². The maximum atomic E-state index is 6.10. The van der Waals surface area contributed by atoms with Gasteiger partial charge in [0, 0.05) is 18.0 Å². The number of fused-ring (bicyclic) bond motifs is 1. The Hall–Kier alpha value is -3.28. The Balaban J connectivity index is 1.88. The van der Waals surface area contributed by atoms with Crippen LogP contribution in [0.2, 0.25) is 0 Å². The second-order valence-electron chi connectivity index (χ2n) is 4.80. The molecule has 6 heteroatoms. The predicted molar refractivity (Wildman–Crippen MR) is 83.9 cm³/mol. The summed E-state index contributed by atoms with van der Waals surface area (Å²) in [6.45, 7) is 0. The van der Waals surface area contributed by atoms with E-state index < -0.39 is 0 Å². The summed E-state index contributed by atoms with van der Waals surface area (Å²) in [5.74, 6) is 1.05. The van der Waals surface area contributed by atoms with Gasteiger partial charge >= 0.3 is 0 Å². The highest BCUT2D eigenvalue weighted by Gasteiger charge is 2.11. The number of nitrogens with zero attached hydrogens (tertiary/aromatic N) is 5. The van der Waals surface area contributed by atoms with Gasteiger partial charge in [-0.25, -0.2) is 4.98 Å². The molecule has 4 rings (SSSR count). The van der Waals surface area contributed by atoms with Gasteiger partial charge in [0.15, 0.2) is 5.65 Å². The molecule has 0 unspecified atom stereocenters. The monoisotopic (exact) mass is 288 g/mol. The van der Waals surface area contributed by atoms with Crippen molar-refractivity contribution in [2.45, 2.75) is 0 Å². The minimum absolute atomic E-state index is 0.507. The molecule has 0 bridgehead atoms. The third-order valence-electron chi connectivity index (χ3n) is 3.32. The number of nitrogen functional groups attached to an aromatic ring is 1. The Morgan fingerprint density at radius 2 is 1.59 bits per heavy atom. The Bertz CT molecular complexity index is 931. The average molecular weight is 288 g/mol. The summed E-state index contributed by atoms with van der Waals surface area (Å²) >= 11 is 0. The van der Waals surface area contributed by atoms with Crippen molar-refractivity contribution in [3.8, 4) is 22.8 Å². The lowest BCUT2D eigenvalue weighted by molar-refractivity contribution is 0.974. The number of nitrogens with two attached hydrogens (primary N) is 1. The van der Waals surface area contributed by atoms with Gasteiger partial charge in [-0.2, -0.15) is 4.52 Å². The molecule has 4 heterocycles. The van der Waals surface area contributed by atoms with E-state index in [9.17, 15) is 0 Å². The van der Waals surface area contributed by atoms with Gasteiger partial charge in [-0.05, 0) is 36.4 Å². The molecule has 0 saturated carbocycles. The fourth-order valence-electron chi connectivity index (χ4n) is 2.29. The molecule has 0 aliphatic rings. The molecular weight excluding hydrogens is 276 g/mol. The van der Waals surface area contributed by atoms with Crippen LogP contribution in [0.3, 0.4) is 0 Å². The molecule has 0 aliphatic carbocycles. The van der Waals surface area contributed by atoms with Gasteiger partial charge in [-0.1, -0.05) is 12.1 Å². The van der Waals surface area contributed by atoms with Gasteiger partial charge in [-0.15, -0.1) is 5.10 Å². The zero-order chi connectivity index (χ0) is 14.9. The number of rotatable bonds is 2. The van der Waals surface area contributed by atoms with Crippen LogP contribution in [0.25, 0.3) is 28.4 Å². The van der Waals surface area contributed by atoms with E-state index in [1.54, 1.807) is 16.9 Å². The van der Waals surface area contributed by atoms with Crippen molar-refractivity contribution >= 4 is 11.5 Å². The van der Waals surface area contributed by atoms with Gasteiger partial charge in [0.2, 0.25) is 5.82 Å². The smallest absolute Gasteiger partial charge is 0.200 e. The molecule has 2 N–H and O–H groups in total. The second-order valence-corrected chi connectivity index (χ2v) is 4.80. The van der Waals surface area contributed by atoms with Crippen LogP contribution in [0.5, 0.6) is 0 Å². The molecule has 0 aromatic carbocycles. The zero-order valence-electron chi connectivity index (χ0n) is 11.6. The van der Waals surface area contributed by atoms with Crippen molar-refractivity contribution in [2.24, 2.45) is 0 Å². The molecule has 106 valence electrons. The van der Waals surface area contributed by atoms with E-state index >= 15 is 0 Å². The summed E-state index contributed by atoms with van der Waals surface area (Å²) in [4.78, 5) is 13.1. The Morgan fingerprint density at radius 1 is 0.864 bits per heavy atom. The lowest BCUT2D eigenvalue weighted by atomic mass is 10.2. The summed E-state index contributed by atoms with van der Waals surface area (Å²) in [5.41, 5.74) is 9.23. The quantitative estimate of drug-likeness (QED) is 0.612. The summed E-state index contributed by atoms with van der Waals surface area (Å²) in [6, 6.07) is 15.1. The van der Waals surface area contributed by atoms with E-state index in [0.717, 1.165) is 11.3 Å². The third kappa shape index (κ3) is 2.07. The number of hydrogen-bond donors (Lipinski definition) is 1. The van der Waals surface area contributed by atoms with E-state index in [1.165, 1.54) is 0 Å². The topological polar surface area (TPSA) is 82.0 Å². The second kappa shape index (κ2) is 4.92. The van der Waals surface area contributed by atoms with E-state index in [4.69, 9.17) is 5.73 Å². The van der Waals surface area contributed by atoms with E-state index in [0.29, 0.717) is 23.0 Å². The Labute approximate surface area is 126 Å². The van der Waals surface area contributed by atoms with Crippen LogP contribution in [0.15, 0.2) is 60.9 Å². The van der Waals surface area contributed by atoms with Gasteiger partial charge < -0.3 is 5.73 Å².